The highest BCUT2D eigenvalue weighted by Crippen LogP contribution is 2.39. The summed E-state index contributed by atoms with van der Waals surface area (Å²) in [5, 5.41) is 3.42. The quantitative estimate of drug-likeness (QED) is 0.408. The van der Waals surface area contributed by atoms with E-state index in [2.05, 4.69) is 44.5 Å². The minimum atomic E-state index is -0.707. The van der Waals surface area contributed by atoms with Gasteiger partial charge >= 0.3 is 0 Å². The van der Waals surface area contributed by atoms with E-state index in [1.165, 1.54) is 0 Å². The highest BCUT2D eigenvalue weighted by molar-refractivity contribution is 5.89. The van der Waals surface area contributed by atoms with E-state index >= 15 is 0 Å². The van der Waals surface area contributed by atoms with Gasteiger partial charge in [-0.3, -0.25) is 4.79 Å². The van der Waals surface area contributed by atoms with Crippen LogP contribution in [-0.4, -0.2) is 36.1 Å². The smallest absolute Gasteiger partial charge is 0.231 e. The first-order valence-electron chi connectivity index (χ1n) is 12.3. The summed E-state index contributed by atoms with van der Waals surface area (Å²) in [5.74, 6) is 1.46. The summed E-state index contributed by atoms with van der Waals surface area (Å²) in [5.41, 5.74) is 2.36. The Hall–Kier alpha value is -4.19. The van der Waals surface area contributed by atoms with Crippen LogP contribution in [0.25, 0.3) is 0 Å². The zero-order chi connectivity index (χ0) is 24.8. The Morgan fingerprint density at radius 3 is 2.06 bits per heavy atom. The molecule has 1 aliphatic heterocycles. The van der Waals surface area contributed by atoms with Crippen LogP contribution in [0.3, 0.4) is 0 Å². The summed E-state index contributed by atoms with van der Waals surface area (Å²) in [6.07, 6.45) is 4.79. The van der Waals surface area contributed by atoms with Gasteiger partial charge in [0, 0.05) is 25.5 Å². The fourth-order valence-corrected chi connectivity index (χ4v) is 5.03. The Kier molecular flexibility index (Phi) is 6.94. The first kappa shape index (κ1) is 23.5. The Labute approximate surface area is 212 Å². The number of hydrogen-bond acceptors (Lipinski definition) is 5. The van der Waals surface area contributed by atoms with Gasteiger partial charge in [0.1, 0.15) is 5.75 Å². The van der Waals surface area contributed by atoms with Gasteiger partial charge in [-0.25, -0.2) is 9.97 Å². The Bertz CT molecular complexity index is 1230. The van der Waals surface area contributed by atoms with Crippen molar-refractivity contribution in [2.24, 2.45) is 0 Å². The maximum atomic E-state index is 14.3. The number of piperidine rings is 1. The summed E-state index contributed by atoms with van der Waals surface area (Å²) < 4.78 is 5.52. The second kappa shape index (κ2) is 10.6. The molecule has 0 unspecified atom stereocenters. The van der Waals surface area contributed by atoms with E-state index in [1.54, 1.807) is 19.5 Å². The fraction of sp³-hybridized carbons (Fsp3) is 0.233. The Morgan fingerprint density at radius 2 is 1.47 bits per heavy atom. The molecule has 0 atom stereocenters. The lowest BCUT2D eigenvalue weighted by Gasteiger charge is -2.42. The SMILES string of the molecule is COc1cccc(C2(C(=O)NC(c3ccccc3)c3ccccc3)CCN(c3ncccn3)CC2)c1. The summed E-state index contributed by atoms with van der Waals surface area (Å²) in [7, 11) is 1.65. The van der Waals surface area contributed by atoms with Crippen molar-refractivity contribution < 1.29 is 9.53 Å². The monoisotopic (exact) mass is 478 g/mol. The molecule has 6 heteroatoms. The van der Waals surface area contributed by atoms with Gasteiger partial charge in [-0.05, 0) is 47.7 Å². The second-order valence-electron chi connectivity index (χ2n) is 9.08. The molecular formula is C30H30N4O2. The lowest BCUT2D eigenvalue weighted by atomic mass is 9.71. The molecule has 2 heterocycles. The van der Waals surface area contributed by atoms with Crippen LogP contribution < -0.4 is 15.0 Å². The number of nitrogens with zero attached hydrogens (tertiary/aromatic N) is 3. The maximum absolute atomic E-state index is 14.3. The number of amides is 1. The summed E-state index contributed by atoms with van der Waals surface area (Å²) in [6.45, 7) is 1.35. The van der Waals surface area contributed by atoms with E-state index in [9.17, 15) is 4.79 Å². The average Bonchev–Trinajstić information content (AvgIpc) is 2.97. The molecule has 0 bridgehead atoms. The first-order valence-corrected chi connectivity index (χ1v) is 12.3. The number of anilines is 1. The molecule has 1 amide bonds. The zero-order valence-corrected chi connectivity index (χ0v) is 20.4. The summed E-state index contributed by atoms with van der Waals surface area (Å²) in [6, 6.07) is 29.7. The summed E-state index contributed by atoms with van der Waals surface area (Å²) in [4.78, 5) is 25.3. The molecule has 0 aliphatic carbocycles. The molecule has 0 radical (unpaired) electrons. The van der Waals surface area contributed by atoms with Gasteiger partial charge in [-0.2, -0.15) is 0 Å². The van der Waals surface area contributed by atoms with Gasteiger partial charge in [0.2, 0.25) is 11.9 Å². The van der Waals surface area contributed by atoms with Crippen LogP contribution in [-0.2, 0) is 10.2 Å². The number of methoxy groups -OCH3 is 1. The standard InChI is InChI=1S/C30H30N4O2/c1-36-26-15-8-14-25(22-26)30(16-20-34(21-17-30)29-31-18-9-19-32-29)28(35)33-27(23-10-4-2-5-11-23)24-12-6-3-7-13-24/h2-15,18-19,22,27H,16-17,20-21H2,1H3,(H,33,35). The first-order chi connectivity index (χ1) is 17.7. The predicted octanol–water partition coefficient (Wildman–Crippen LogP) is 4.93. The largest absolute Gasteiger partial charge is 0.497 e. The number of nitrogens with one attached hydrogen (secondary N) is 1. The minimum Gasteiger partial charge on any atom is -0.497 e. The van der Waals surface area contributed by atoms with E-state index in [1.807, 2.05) is 66.7 Å². The highest BCUT2D eigenvalue weighted by Gasteiger charge is 2.44. The van der Waals surface area contributed by atoms with Gasteiger partial charge < -0.3 is 15.0 Å². The molecule has 4 aromatic rings. The summed E-state index contributed by atoms with van der Waals surface area (Å²) >= 11 is 0. The fourth-order valence-electron chi connectivity index (χ4n) is 5.03. The number of aromatic nitrogens is 2. The Morgan fingerprint density at radius 1 is 0.861 bits per heavy atom. The highest BCUT2D eigenvalue weighted by atomic mass is 16.5. The number of rotatable bonds is 7. The molecule has 0 spiro atoms. The van der Waals surface area contributed by atoms with E-state index in [0.717, 1.165) is 22.4 Å². The minimum absolute atomic E-state index is 0.0158. The lowest BCUT2D eigenvalue weighted by Crippen LogP contribution is -2.52. The third kappa shape index (κ3) is 4.80. The maximum Gasteiger partial charge on any atom is 0.231 e. The molecule has 1 aliphatic rings. The van der Waals surface area contributed by atoms with Gasteiger partial charge in [0.15, 0.2) is 0 Å². The number of benzene rings is 3. The van der Waals surface area contributed by atoms with Crippen molar-refractivity contribution in [3.05, 3.63) is 120 Å². The molecule has 36 heavy (non-hydrogen) atoms. The molecule has 6 nitrogen and oxygen atoms in total. The zero-order valence-electron chi connectivity index (χ0n) is 20.4. The van der Waals surface area contributed by atoms with Crippen LogP contribution in [0.4, 0.5) is 5.95 Å². The van der Waals surface area contributed by atoms with E-state index in [-0.39, 0.29) is 11.9 Å². The normalized spacial score (nSPS) is 14.9. The van der Waals surface area contributed by atoms with Crippen LogP contribution in [0.1, 0.15) is 35.6 Å². The lowest BCUT2D eigenvalue weighted by molar-refractivity contribution is -0.128. The number of carbonyl (C=O) groups excluding carboxylic acids is 1. The predicted molar refractivity (Wildman–Crippen MR) is 141 cm³/mol. The molecule has 1 fully saturated rings. The number of carbonyl (C=O) groups is 1. The van der Waals surface area contributed by atoms with Gasteiger partial charge in [0.25, 0.3) is 0 Å². The van der Waals surface area contributed by atoms with Crippen LogP contribution >= 0.6 is 0 Å². The van der Waals surface area contributed by atoms with Gasteiger partial charge in [-0.1, -0.05) is 72.8 Å². The molecule has 1 N–H and O–H groups in total. The Balaban J connectivity index is 1.49. The van der Waals surface area contributed by atoms with Crippen LogP contribution in [0.5, 0.6) is 5.75 Å². The van der Waals surface area contributed by atoms with Crippen molar-refractivity contribution in [3.63, 3.8) is 0 Å². The van der Waals surface area contributed by atoms with Crippen molar-refractivity contribution in [1.82, 2.24) is 15.3 Å². The van der Waals surface area contributed by atoms with Crippen molar-refractivity contribution >= 4 is 11.9 Å². The van der Waals surface area contributed by atoms with E-state index in [0.29, 0.717) is 31.9 Å². The molecular weight excluding hydrogens is 448 g/mol. The van der Waals surface area contributed by atoms with E-state index < -0.39 is 5.41 Å². The van der Waals surface area contributed by atoms with Gasteiger partial charge in [0.05, 0.1) is 18.6 Å². The number of ether oxygens (including phenoxy) is 1. The third-order valence-corrected chi connectivity index (χ3v) is 7.05. The molecule has 3 aromatic carbocycles. The van der Waals surface area contributed by atoms with Crippen molar-refractivity contribution in [1.29, 1.82) is 0 Å². The van der Waals surface area contributed by atoms with Gasteiger partial charge in [-0.15, -0.1) is 0 Å². The average molecular weight is 479 g/mol. The van der Waals surface area contributed by atoms with E-state index in [4.69, 9.17) is 4.74 Å². The molecule has 0 saturated carbocycles. The van der Waals surface area contributed by atoms with Crippen molar-refractivity contribution in [2.75, 3.05) is 25.1 Å². The van der Waals surface area contributed by atoms with Crippen LogP contribution in [0, 0.1) is 0 Å². The molecule has 1 aromatic heterocycles. The van der Waals surface area contributed by atoms with Crippen molar-refractivity contribution in [2.45, 2.75) is 24.3 Å². The second-order valence-corrected chi connectivity index (χ2v) is 9.08. The molecule has 5 rings (SSSR count). The topological polar surface area (TPSA) is 67.3 Å². The van der Waals surface area contributed by atoms with Crippen LogP contribution in [0.15, 0.2) is 103 Å². The third-order valence-electron chi connectivity index (χ3n) is 7.05. The molecule has 182 valence electrons. The van der Waals surface area contributed by atoms with Crippen molar-refractivity contribution in [3.8, 4) is 5.75 Å². The molecule has 1 saturated heterocycles. The van der Waals surface area contributed by atoms with Crippen LogP contribution in [0.2, 0.25) is 0 Å². The number of hydrogen-bond donors (Lipinski definition) is 1.